The maximum atomic E-state index is 13.1. The van der Waals surface area contributed by atoms with E-state index in [0.29, 0.717) is 36.1 Å². The number of nitrogens with zero attached hydrogens (tertiary/aromatic N) is 3. The number of carbonyl (C=O) groups is 1. The van der Waals surface area contributed by atoms with E-state index in [2.05, 4.69) is 10.4 Å². The van der Waals surface area contributed by atoms with Gasteiger partial charge in [-0.2, -0.15) is 18.3 Å². The molecule has 1 aromatic carbocycles. The van der Waals surface area contributed by atoms with Crippen LogP contribution in [0.3, 0.4) is 0 Å². The van der Waals surface area contributed by atoms with Crippen molar-refractivity contribution < 1.29 is 23.1 Å². The minimum absolute atomic E-state index is 0.0637. The lowest BCUT2D eigenvalue weighted by molar-refractivity contribution is -0.183. The van der Waals surface area contributed by atoms with Crippen LogP contribution >= 0.6 is 0 Å². The Morgan fingerprint density at radius 2 is 2.08 bits per heavy atom. The molecule has 4 rings (SSSR count). The summed E-state index contributed by atoms with van der Waals surface area (Å²) in [5, 5.41) is 18.7. The fourth-order valence-electron chi connectivity index (χ4n) is 3.75. The number of para-hydroxylation sites is 1. The molecule has 1 amide bonds. The summed E-state index contributed by atoms with van der Waals surface area (Å²) in [6, 6.07) is 5.39. The third-order valence-corrected chi connectivity index (χ3v) is 5.17. The summed E-state index contributed by atoms with van der Waals surface area (Å²) in [5.74, 6) is -0.608. The number of likely N-dealkylation sites (tertiary alicyclic amines) is 1. The number of amides is 1. The predicted octanol–water partition coefficient (Wildman–Crippen LogP) is 1.38. The summed E-state index contributed by atoms with van der Waals surface area (Å²) in [6.07, 6.45) is -4.14. The molecule has 2 aliphatic heterocycles. The Bertz CT molecular complexity index is 844. The van der Waals surface area contributed by atoms with E-state index >= 15 is 0 Å². The molecule has 0 bridgehead atoms. The molecular weight excluding hydrogens is 349 g/mol. The first kappa shape index (κ1) is 17.3. The molecule has 140 valence electrons. The van der Waals surface area contributed by atoms with E-state index in [0.717, 1.165) is 4.90 Å². The number of hydrogen-bond acceptors (Lipinski definition) is 4. The number of carbonyl (C=O) groups excluding carboxylic acids is 1. The lowest BCUT2D eigenvalue weighted by atomic mass is 9.91. The van der Waals surface area contributed by atoms with Gasteiger partial charge in [-0.25, -0.2) is 0 Å². The van der Waals surface area contributed by atoms with Crippen LogP contribution in [0.15, 0.2) is 24.3 Å². The molecule has 0 radical (unpaired) electrons. The number of aliphatic hydroxyl groups is 1. The van der Waals surface area contributed by atoms with Gasteiger partial charge in [0.15, 0.2) is 0 Å². The highest BCUT2D eigenvalue weighted by atomic mass is 19.4. The molecule has 0 spiro atoms. The van der Waals surface area contributed by atoms with E-state index in [1.54, 1.807) is 24.3 Å². The van der Waals surface area contributed by atoms with E-state index in [1.165, 1.54) is 4.68 Å². The van der Waals surface area contributed by atoms with E-state index < -0.39 is 23.7 Å². The van der Waals surface area contributed by atoms with Crippen LogP contribution in [0, 0.1) is 0 Å². The molecule has 0 saturated carbocycles. The van der Waals surface area contributed by atoms with Crippen molar-refractivity contribution in [3.63, 3.8) is 0 Å². The van der Waals surface area contributed by atoms with Crippen LogP contribution in [-0.4, -0.2) is 57.5 Å². The Morgan fingerprint density at radius 1 is 1.35 bits per heavy atom. The van der Waals surface area contributed by atoms with Crippen molar-refractivity contribution in [2.45, 2.75) is 37.2 Å². The van der Waals surface area contributed by atoms with E-state index in [9.17, 15) is 23.1 Å². The van der Waals surface area contributed by atoms with Gasteiger partial charge in [0.2, 0.25) is 5.91 Å². The maximum Gasteiger partial charge on any atom is 0.408 e. The van der Waals surface area contributed by atoms with Crippen LogP contribution in [-0.2, 0) is 16.9 Å². The highest BCUT2D eigenvalue weighted by Crippen LogP contribution is 2.34. The van der Waals surface area contributed by atoms with Gasteiger partial charge in [0.1, 0.15) is 23.9 Å². The standard InChI is InChI=1S/C17H19F3N4O2/c18-17(19,20)13-6-3-7-23(13)14(25)8-24-12-5-2-1-4-11(12)15(22-24)16(26)9-21-10-16/h1-2,4-5,13,21,26H,3,6-10H2/t13-/m0/s1. The average molecular weight is 368 g/mol. The van der Waals surface area contributed by atoms with Crippen molar-refractivity contribution in [2.24, 2.45) is 0 Å². The molecule has 6 nitrogen and oxygen atoms in total. The normalized spacial score (nSPS) is 22.6. The number of benzene rings is 1. The predicted molar refractivity (Wildman–Crippen MR) is 87.3 cm³/mol. The quantitative estimate of drug-likeness (QED) is 0.859. The first-order valence-corrected chi connectivity index (χ1v) is 8.55. The molecule has 26 heavy (non-hydrogen) atoms. The Morgan fingerprint density at radius 3 is 2.73 bits per heavy atom. The maximum absolute atomic E-state index is 13.1. The first-order chi connectivity index (χ1) is 12.3. The monoisotopic (exact) mass is 368 g/mol. The molecule has 2 saturated heterocycles. The molecule has 1 atom stereocenters. The summed E-state index contributed by atoms with van der Waals surface area (Å²) in [7, 11) is 0. The van der Waals surface area contributed by atoms with Crippen molar-refractivity contribution in [3.8, 4) is 0 Å². The Kier molecular flexibility index (Phi) is 3.96. The average Bonchev–Trinajstić information content (AvgIpc) is 3.18. The van der Waals surface area contributed by atoms with Crippen LogP contribution in [0.25, 0.3) is 10.9 Å². The van der Waals surface area contributed by atoms with Gasteiger partial charge in [0.05, 0.1) is 5.52 Å². The lowest BCUT2D eigenvalue weighted by Crippen LogP contribution is -2.57. The smallest absolute Gasteiger partial charge is 0.381 e. The summed E-state index contributed by atoms with van der Waals surface area (Å²) >= 11 is 0. The van der Waals surface area contributed by atoms with E-state index in [1.807, 2.05) is 0 Å². The van der Waals surface area contributed by atoms with Crippen molar-refractivity contribution in [2.75, 3.05) is 19.6 Å². The zero-order valence-corrected chi connectivity index (χ0v) is 14.0. The van der Waals surface area contributed by atoms with Gasteiger partial charge >= 0.3 is 6.18 Å². The number of rotatable bonds is 3. The molecule has 0 aliphatic carbocycles. The first-order valence-electron chi connectivity index (χ1n) is 8.55. The molecule has 9 heteroatoms. The van der Waals surface area contributed by atoms with Crippen LogP contribution < -0.4 is 5.32 Å². The second-order valence-corrected chi connectivity index (χ2v) is 6.95. The van der Waals surface area contributed by atoms with Gasteiger partial charge in [-0.15, -0.1) is 0 Å². The molecule has 2 aromatic rings. The summed E-state index contributed by atoms with van der Waals surface area (Å²) in [6.45, 7) is 0.522. The summed E-state index contributed by atoms with van der Waals surface area (Å²) in [5.41, 5.74) is -0.0388. The molecule has 1 aromatic heterocycles. The van der Waals surface area contributed by atoms with Gasteiger partial charge in [-0.1, -0.05) is 18.2 Å². The largest absolute Gasteiger partial charge is 0.408 e. The Labute approximate surface area is 147 Å². The molecule has 3 heterocycles. The number of nitrogens with one attached hydrogen (secondary N) is 1. The highest BCUT2D eigenvalue weighted by Gasteiger charge is 2.48. The van der Waals surface area contributed by atoms with Gasteiger partial charge in [-0.3, -0.25) is 9.48 Å². The SMILES string of the molecule is O=C(Cn1nc(C2(O)CNC2)c2ccccc21)N1CCC[C@H]1C(F)(F)F. The third kappa shape index (κ3) is 2.75. The van der Waals surface area contributed by atoms with Gasteiger partial charge in [0, 0.05) is 25.0 Å². The molecular formula is C17H19F3N4O2. The fourth-order valence-corrected chi connectivity index (χ4v) is 3.75. The number of aromatic nitrogens is 2. The third-order valence-electron chi connectivity index (χ3n) is 5.17. The zero-order valence-electron chi connectivity index (χ0n) is 14.0. The van der Waals surface area contributed by atoms with Gasteiger partial charge in [-0.05, 0) is 18.9 Å². The number of fused-ring (bicyclic) bond motifs is 1. The van der Waals surface area contributed by atoms with Gasteiger partial charge < -0.3 is 15.3 Å². The van der Waals surface area contributed by atoms with Crippen molar-refractivity contribution >= 4 is 16.8 Å². The summed E-state index contributed by atoms with van der Waals surface area (Å²) < 4.78 is 40.8. The van der Waals surface area contributed by atoms with Crippen LogP contribution in [0.5, 0.6) is 0 Å². The van der Waals surface area contributed by atoms with Crippen molar-refractivity contribution in [1.29, 1.82) is 0 Å². The Balaban J connectivity index is 1.64. The zero-order chi connectivity index (χ0) is 18.5. The number of halogens is 3. The molecule has 2 N–H and O–H groups in total. The second-order valence-electron chi connectivity index (χ2n) is 6.95. The van der Waals surface area contributed by atoms with Crippen molar-refractivity contribution in [1.82, 2.24) is 20.0 Å². The van der Waals surface area contributed by atoms with Crippen LogP contribution in [0.1, 0.15) is 18.5 Å². The van der Waals surface area contributed by atoms with E-state index in [-0.39, 0.29) is 19.5 Å². The van der Waals surface area contributed by atoms with Crippen LogP contribution in [0.4, 0.5) is 13.2 Å². The number of hydrogen-bond donors (Lipinski definition) is 2. The summed E-state index contributed by atoms with van der Waals surface area (Å²) in [4.78, 5) is 13.4. The minimum Gasteiger partial charge on any atom is -0.381 e. The lowest BCUT2D eigenvalue weighted by Gasteiger charge is -2.36. The highest BCUT2D eigenvalue weighted by molar-refractivity contribution is 5.85. The fraction of sp³-hybridized carbons (Fsp3) is 0.529. The number of β-amino-alcohol motifs (C(OH)–C–C–N with tert-alkyl or cyclic N) is 1. The second kappa shape index (κ2) is 5.95. The van der Waals surface area contributed by atoms with Crippen LogP contribution in [0.2, 0.25) is 0 Å². The number of alkyl halides is 3. The minimum atomic E-state index is -4.42. The topological polar surface area (TPSA) is 70.4 Å². The van der Waals surface area contributed by atoms with Gasteiger partial charge in [0.25, 0.3) is 0 Å². The molecule has 2 aliphatic rings. The molecule has 0 unspecified atom stereocenters. The molecule has 2 fully saturated rings. The Hall–Kier alpha value is -2.13. The van der Waals surface area contributed by atoms with E-state index in [4.69, 9.17) is 0 Å². The van der Waals surface area contributed by atoms with Crippen molar-refractivity contribution in [3.05, 3.63) is 30.0 Å².